The molecule has 0 aliphatic heterocycles. The second-order valence-electron chi connectivity index (χ2n) is 3.81. The van der Waals surface area contributed by atoms with Crippen molar-refractivity contribution in [3.05, 3.63) is 42.7 Å². The van der Waals surface area contributed by atoms with Crippen LogP contribution in [-0.4, -0.2) is 9.55 Å². The van der Waals surface area contributed by atoms with Gasteiger partial charge in [-0.25, -0.2) is 4.98 Å². The van der Waals surface area contributed by atoms with E-state index >= 15 is 0 Å². The molecule has 2 aromatic heterocycles. The number of thiazole rings is 1. The maximum absolute atomic E-state index is 12.0. The number of halogens is 1. The molecule has 0 atom stereocenters. The van der Waals surface area contributed by atoms with Crippen molar-refractivity contribution in [3.63, 3.8) is 0 Å². The predicted octanol–water partition coefficient (Wildman–Crippen LogP) is 2.31. The van der Waals surface area contributed by atoms with Crippen LogP contribution in [0, 0.1) is 13.8 Å². The van der Waals surface area contributed by atoms with Gasteiger partial charge >= 0.3 is 0 Å². The molecule has 17 heavy (non-hydrogen) atoms. The smallest absolute Gasteiger partial charge is 0.265 e. The molecular formula is C11H12BrN3OS. The number of hydrogen-bond donors (Lipinski definition) is 1. The molecule has 0 aliphatic rings. The minimum absolute atomic E-state index is 0.0812. The van der Waals surface area contributed by atoms with Gasteiger partial charge in [0.25, 0.3) is 5.56 Å². The van der Waals surface area contributed by atoms with Crippen LogP contribution in [0.4, 0.5) is 5.69 Å². The number of rotatable bonds is 2. The van der Waals surface area contributed by atoms with E-state index in [1.54, 1.807) is 22.1 Å². The lowest BCUT2D eigenvalue weighted by Crippen LogP contribution is -2.22. The summed E-state index contributed by atoms with van der Waals surface area (Å²) in [4.78, 5) is 16.3. The molecule has 0 aromatic carbocycles. The Kier molecular flexibility index (Phi) is 3.35. The summed E-state index contributed by atoms with van der Waals surface area (Å²) < 4.78 is 2.09. The zero-order chi connectivity index (χ0) is 12.6. The van der Waals surface area contributed by atoms with Gasteiger partial charge in [-0.15, -0.1) is 11.3 Å². The molecule has 4 nitrogen and oxygen atoms in total. The Balaban J connectivity index is 2.43. The Morgan fingerprint density at radius 2 is 2.24 bits per heavy atom. The molecule has 90 valence electrons. The molecule has 0 bridgehead atoms. The molecule has 0 aliphatic carbocycles. The third kappa shape index (κ3) is 2.42. The Bertz CT molecular complexity index is 618. The summed E-state index contributed by atoms with van der Waals surface area (Å²) in [5.41, 5.74) is 8.02. The van der Waals surface area contributed by atoms with Crippen molar-refractivity contribution < 1.29 is 0 Å². The molecule has 0 fully saturated rings. The molecule has 0 amide bonds. The van der Waals surface area contributed by atoms with Gasteiger partial charge in [-0.1, -0.05) is 0 Å². The summed E-state index contributed by atoms with van der Waals surface area (Å²) in [7, 11) is 0. The minimum atomic E-state index is -0.0812. The first-order valence-corrected chi connectivity index (χ1v) is 6.72. The van der Waals surface area contributed by atoms with Gasteiger partial charge in [0.15, 0.2) is 0 Å². The fourth-order valence-corrected chi connectivity index (χ4v) is 2.57. The van der Waals surface area contributed by atoms with Crippen molar-refractivity contribution in [3.8, 4) is 0 Å². The van der Waals surface area contributed by atoms with Crippen LogP contribution in [0.5, 0.6) is 0 Å². The standard InChI is InChI=1S/C11H12BrN3OS/c1-6-9(13)4-15(11(16)10(6)12)3-8-5-17-7(2)14-8/h4-5H,3,13H2,1-2H3. The fourth-order valence-electron chi connectivity index (χ4n) is 1.51. The minimum Gasteiger partial charge on any atom is -0.397 e. The van der Waals surface area contributed by atoms with Gasteiger partial charge in [-0.2, -0.15) is 0 Å². The Morgan fingerprint density at radius 1 is 1.53 bits per heavy atom. The van der Waals surface area contributed by atoms with Gasteiger partial charge in [-0.05, 0) is 35.3 Å². The van der Waals surface area contributed by atoms with Crippen molar-refractivity contribution in [1.29, 1.82) is 0 Å². The van der Waals surface area contributed by atoms with E-state index in [1.165, 1.54) is 0 Å². The fraction of sp³-hybridized carbons (Fsp3) is 0.273. The van der Waals surface area contributed by atoms with Crippen LogP contribution in [-0.2, 0) is 6.54 Å². The third-order valence-corrected chi connectivity index (χ3v) is 4.26. The third-order valence-electron chi connectivity index (χ3n) is 2.50. The summed E-state index contributed by atoms with van der Waals surface area (Å²) >= 11 is 4.84. The van der Waals surface area contributed by atoms with Crippen molar-refractivity contribution >= 4 is 33.0 Å². The topological polar surface area (TPSA) is 60.9 Å². The molecular weight excluding hydrogens is 302 g/mol. The molecule has 6 heteroatoms. The van der Waals surface area contributed by atoms with E-state index in [2.05, 4.69) is 20.9 Å². The molecule has 2 N–H and O–H groups in total. The number of aryl methyl sites for hydroxylation is 1. The molecule has 2 heterocycles. The quantitative estimate of drug-likeness (QED) is 0.925. The maximum atomic E-state index is 12.0. The van der Waals surface area contributed by atoms with Gasteiger partial charge in [0, 0.05) is 11.6 Å². The number of pyridine rings is 1. The van der Waals surface area contributed by atoms with Crippen LogP contribution in [0.15, 0.2) is 20.8 Å². The number of anilines is 1. The van der Waals surface area contributed by atoms with Crippen molar-refractivity contribution in [1.82, 2.24) is 9.55 Å². The van der Waals surface area contributed by atoms with E-state index in [0.29, 0.717) is 16.7 Å². The van der Waals surface area contributed by atoms with E-state index in [9.17, 15) is 4.79 Å². The van der Waals surface area contributed by atoms with E-state index in [0.717, 1.165) is 16.3 Å². The highest BCUT2D eigenvalue weighted by Crippen LogP contribution is 2.18. The zero-order valence-electron chi connectivity index (χ0n) is 9.53. The first-order valence-electron chi connectivity index (χ1n) is 5.05. The second-order valence-corrected chi connectivity index (χ2v) is 5.67. The van der Waals surface area contributed by atoms with Crippen LogP contribution in [0.3, 0.4) is 0 Å². The van der Waals surface area contributed by atoms with Gasteiger partial charge in [-0.3, -0.25) is 4.79 Å². The summed E-state index contributed by atoms with van der Waals surface area (Å²) in [5, 5.41) is 2.94. The number of aromatic nitrogens is 2. The Morgan fingerprint density at radius 3 is 2.82 bits per heavy atom. The van der Waals surface area contributed by atoms with E-state index in [-0.39, 0.29) is 5.56 Å². The van der Waals surface area contributed by atoms with Crippen LogP contribution in [0.25, 0.3) is 0 Å². The summed E-state index contributed by atoms with van der Waals surface area (Å²) in [5.74, 6) is 0. The zero-order valence-corrected chi connectivity index (χ0v) is 11.9. The normalized spacial score (nSPS) is 10.8. The summed E-state index contributed by atoms with van der Waals surface area (Å²) in [6, 6.07) is 0. The molecule has 0 saturated carbocycles. The van der Waals surface area contributed by atoms with Gasteiger partial charge < -0.3 is 10.3 Å². The van der Waals surface area contributed by atoms with Gasteiger partial charge in [0.1, 0.15) is 0 Å². The molecule has 0 radical (unpaired) electrons. The molecule has 2 aromatic rings. The maximum Gasteiger partial charge on any atom is 0.265 e. The van der Waals surface area contributed by atoms with Crippen molar-refractivity contribution in [2.24, 2.45) is 0 Å². The molecule has 0 saturated heterocycles. The second kappa shape index (κ2) is 4.62. The average Bonchev–Trinajstić information content (AvgIpc) is 2.69. The number of nitrogen functional groups attached to an aromatic ring is 1. The van der Waals surface area contributed by atoms with Gasteiger partial charge in [0.05, 0.1) is 27.4 Å². The molecule has 0 unspecified atom stereocenters. The lowest BCUT2D eigenvalue weighted by Gasteiger charge is -2.08. The first kappa shape index (κ1) is 12.3. The van der Waals surface area contributed by atoms with E-state index in [4.69, 9.17) is 5.73 Å². The lowest BCUT2D eigenvalue weighted by molar-refractivity contribution is 0.738. The SMILES string of the molecule is Cc1nc(Cn2cc(N)c(C)c(Br)c2=O)cs1. The highest BCUT2D eigenvalue weighted by molar-refractivity contribution is 9.10. The van der Waals surface area contributed by atoms with Crippen LogP contribution in [0.2, 0.25) is 0 Å². The summed E-state index contributed by atoms with van der Waals surface area (Å²) in [6.07, 6.45) is 1.66. The molecule has 0 spiro atoms. The number of nitrogens with zero attached hydrogens (tertiary/aromatic N) is 2. The largest absolute Gasteiger partial charge is 0.397 e. The molecule has 2 rings (SSSR count). The van der Waals surface area contributed by atoms with Crippen molar-refractivity contribution in [2.45, 2.75) is 20.4 Å². The lowest BCUT2D eigenvalue weighted by atomic mass is 10.2. The highest BCUT2D eigenvalue weighted by atomic mass is 79.9. The summed E-state index contributed by atoms with van der Waals surface area (Å²) in [6.45, 7) is 4.21. The first-order chi connectivity index (χ1) is 7.99. The predicted molar refractivity (Wildman–Crippen MR) is 73.5 cm³/mol. The number of nitrogens with two attached hydrogens (primary N) is 1. The average molecular weight is 314 g/mol. The Labute approximate surface area is 111 Å². The van der Waals surface area contributed by atoms with Crippen LogP contribution in [0.1, 0.15) is 16.3 Å². The van der Waals surface area contributed by atoms with Gasteiger partial charge in [0.2, 0.25) is 0 Å². The van der Waals surface area contributed by atoms with Crippen molar-refractivity contribution in [2.75, 3.05) is 5.73 Å². The highest BCUT2D eigenvalue weighted by Gasteiger charge is 2.09. The van der Waals surface area contributed by atoms with Crippen LogP contribution < -0.4 is 11.3 Å². The monoisotopic (exact) mass is 313 g/mol. The van der Waals surface area contributed by atoms with E-state index < -0.39 is 0 Å². The Hall–Kier alpha value is -1.14. The van der Waals surface area contributed by atoms with Crippen LogP contribution >= 0.6 is 27.3 Å². The number of hydrogen-bond acceptors (Lipinski definition) is 4. The van der Waals surface area contributed by atoms with E-state index in [1.807, 2.05) is 19.2 Å².